The van der Waals surface area contributed by atoms with Crippen molar-refractivity contribution in [2.75, 3.05) is 12.3 Å². The zero-order valence-electron chi connectivity index (χ0n) is 14.9. The summed E-state index contributed by atoms with van der Waals surface area (Å²) in [5.41, 5.74) is 4.72. The van der Waals surface area contributed by atoms with E-state index < -0.39 is 76.6 Å². The molecular formula is C9H17IN3O13P3. The summed E-state index contributed by atoms with van der Waals surface area (Å²) in [6.45, 7) is -0.877. The van der Waals surface area contributed by atoms with Gasteiger partial charge >= 0.3 is 161 Å². The summed E-state index contributed by atoms with van der Waals surface area (Å²) in [4.78, 5) is 51.0. The number of phosphoric acid groups is 3. The fraction of sp³-hybridized carbons (Fsp3) is 0.556. The van der Waals surface area contributed by atoms with E-state index in [-0.39, 0.29) is 12.2 Å². The van der Waals surface area contributed by atoms with Crippen molar-refractivity contribution >= 4 is 51.7 Å². The molecule has 7 N–H and O–H groups in total. The summed E-state index contributed by atoms with van der Waals surface area (Å²) < 4.78 is 59.3. The van der Waals surface area contributed by atoms with E-state index in [9.17, 15) is 28.5 Å². The summed E-state index contributed by atoms with van der Waals surface area (Å²) in [6.07, 6.45) is -2.61. The number of ether oxygens (including phenoxy) is 1. The third kappa shape index (κ3) is 7.43. The van der Waals surface area contributed by atoms with Crippen LogP contribution in [-0.2, 0) is 31.6 Å². The molecule has 20 heteroatoms. The van der Waals surface area contributed by atoms with Crippen LogP contribution in [-0.4, -0.2) is 53.6 Å². The maximum atomic E-state index is 12.0. The molecule has 1 aromatic heterocycles. The first-order chi connectivity index (χ1) is 13.6. The van der Waals surface area contributed by atoms with Crippen molar-refractivity contribution < 1.29 is 56.3 Å². The number of hydrogen-bond donors (Lipinski definition) is 6. The van der Waals surface area contributed by atoms with E-state index in [1.165, 1.54) is 6.20 Å². The SMILES string of the molecule is [2H][IH]c1cn([C@H]2C[C@H](O)[C@@H](COP(=O)(O)OP(=O)(O)OP(=O)(O)O)O2)c(=O)nc1N. The molecule has 0 amide bonds. The number of halogens is 1. The van der Waals surface area contributed by atoms with Gasteiger partial charge in [-0.05, 0) is 0 Å². The van der Waals surface area contributed by atoms with Gasteiger partial charge in [-0.15, -0.1) is 0 Å². The van der Waals surface area contributed by atoms with E-state index >= 15 is 0 Å². The quantitative estimate of drug-likeness (QED) is 0.146. The molecule has 168 valence electrons. The molecule has 0 radical (unpaired) electrons. The fourth-order valence-electron chi connectivity index (χ4n) is 2.18. The van der Waals surface area contributed by atoms with Gasteiger partial charge in [0.1, 0.15) is 0 Å². The Morgan fingerprint density at radius 2 is 1.97 bits per heavy atom. The zero-order chi connectivity index (χ0) is 22.9. The molecule has 0 spiro atoms. The molecule has 5 atom stereocenters. The first-order valence-corrected chi connectivity index (χ1v) is 12.9. The Hall–Kier alpha value is -0.260. The minimum atomic E-state index is -5.68. The number of phosphoric ester groups is 1. The molecule has 0 saturated carbocycles. The third-order valence-corrected chi connectivity index (χ3v) is 7.98. The molecule has 29 heavy (non-hydrogen) atoms. The molecule has 2 heterocycles. The zero-order valence-corrected chi connectivity index (χ0v) is 19.0. The van der Waals surface area contributed by atoms with Crippen molar-refractivity contribution in [1.29, 1.82) is 0.594 Å². The van der Waals surface area contributed by atoms with E-state index in [2.05, 4.69) is 18.1 Å². The Kier molecular flexibility index (Phi) is 7.33. The Morgan fingerprint density at radius 3 is 2.55 bits per heavy atom. The molecule has 0 aliphatic carbocycles. The van der Waals surface area contributed by atoms with Crippen molar-refractivity contribution in [3.8, 4) is 0 Å². The monoisotopic (exact) mass is 596 g/mol. The molecular weight excluding hydrogens is 578 g/mol. The van der Waals surface area contributed by atoms with Crippen molar-refractivity contribution in [2.45, 2.75) is 24.9 Å². The van der Waals surface area contributed by atoms with Gasteiger partial charge in [-0.2, -0.15) is 0 Å². The maximum absolute atomic E-state index is 12.0. The first-order valence-electron chi connectivity index (χ1n) is 7.67. The Bertz CT molecular complexity index is 986. The van der Waals surface area contributed by atoms with Gasteiger partial charge in [0.15, 0.2) is 0 Å². The molecule has 16 nitrogen and oxygen atoms in total. The number of rotatable bonds is 9. The first kappa shape index (κ1) is 23.4. The van der Waals surface area contributed by atoms with Crippen LogP contribution < -0.4 is 11.4 Å². The molecule has 1 aliphatic heterocycles. The van der Waals surface area contributed by atoms with Gasteiger partial charge in [-0.3, -0.25) is 0 Å². The number of aliphatic hydroxyl groups is 1. The standard InChI is InChI=1S/C9H17IN3O13P3/c10-4-2-13(9(15)12-8(4)11)7-1-5(14)6(24-7)3-23-28(19,20)26-29(21,22)25-27(16,17)18/h2,5-7,14H,1,3,10H2,(H,19,20)(H,21,22)(H2,11,12,15)(H2,16,17,18)/t5-,6+,7+/m0/s1/i10D. The molecule has 1 saturated heterocycles. The average molecular weight is 596 g/mol. The van der Waals surface area contributed by atoms with Gasteiger partial charge < -0.3 is 9.79 Å². The van der Waals surface area contributed by atoms with E-state index in [1.54, 1.807) is 0 Å². The van der Waals surface area contributed by atoms with E-state index in [0.29, 0.717) is 3.57 Å². The number of hydrogen-bond acceptors (Lipinski definition) is 11. The Labute approximate surface area is 175 Å². The summed E-state index contributed by atoms with van der Waals surface area (Å²) in [5, 5.41) is 10.0. The predicted molar refractivity (Wildman–Crippen MR) is 103 cm³/mol. The predicted octanol–water partition coefficient (Wildman–Crippen LogP) is -1.11. The van der Waals surface area contributed by atoms with Crippen LogP contribution in [0.25, 0.3) is 0 Å². The molecule has 2 unspecified atom stereocenters. The van der Waals surface area contributed by atoms with E-state index in [0.717, 1.165) is 4.57 Å². The van der Waals surface area contributed by atoms with Crippen LogP contribution >= 0.6 is 45.9 Å². The van der Waals surface area contributed by atoms with Crippen LogP contribution in [0.15, 0.2) is 11.0 Å². The van der Waals surface area contributed by atoms with Crippen molar-refractivity contribution in [2.24, 2.45) is 0 Å². The van der Waals surface area contributed by atoms with Crippen LogP contribution in [0.3, 0.4) is 0 Å². The van der Waals surface area contributed by atoms with Crippen LogP contribution in [0.2, 0.25) is 0 Å². The van der Waals surface area contributed by atoms with Gasteiger partial charge in [0, 0.05) is 0 Å². The second kappa shape index (κ2) is 9.08. The summed E-state index contributed by atoms with van der Waals surface area (Å²) >= 11 is -1.45. The topological polar surface area (TPSA) is 250 Å². The van der Waals surface area contributed by atoms with Gasteiger partial charge in [0.05, 0.1) is 0 Å². The second-order valence-electron chi connectivity index (χ2n) is 5.50. The molecule has 1 aliphatic rings. The minimum absolute atomic E-state index is 0.0867. The molecule has 0 bridgehead atoms. The average Bonchev–Trinajstić information content (AvgIpc) is 2.90. The Morgan fingerprint density at radius 1 is 1.31 bits per heavy atom. The molecule has 2 rings (SSSR count). The van der Waals surface area contributed by atoms with Gasteiger partial charge in [-0.25, -0.2) is 4.57 Å². The number of anilines is 1. The second-order valence-corrected chi connectivity index (χ2v) is 11.2. The van der Waals surface area contributed by atoms with E-state index in [4.69, 9.17) is 25.7 Å². The van der Waals surface area contributed by atoms with Crippen molar-refractivity contribution in [1.82, 2.24) is 9.55 Å². The van der Waals surface area contributed by atoms with Crippen LogP contribution in [0.1, 0.15) is 12.6 Å². The summed E-state index contributed by atoms with van der Waals surface area (Å²) in [6, 6.07) is 0. The summed E-state index contributed by atoms with van der Waals surface area (Å²) in [7, 11) is -16.6. The third-order valence-electron chi connectivity index (χ3n) is 3.28. The number of aliphatic hydroxyl groups excluding tert-OH is 1. The number of aromatic nitrogens is 2. The molecule has 0 aromatic carbocycles. The van der Waals surface area contributed by atoms with Gasteiger partial charge in [-0.1, -0.05) is 0 Å². The van der Waals surface area contributed by atoms with Crippen LogP contribution in [0, 0.1) is 3.57 Å². The van der Waals surface area contributed by atoms with Gasteiger partial charge in [0.2, 0.25) is 0 Å². The van der Waals surface area contributed by atoms with E-state index in [1.807, 2.05) is 0 Å². The normalized spacial score (nSPS) is 27.3. The molecule has 1 aromatic rings. The number of nitrogens with zero attached hydrogens (tertiary/aromatic N) is 2. The molecule has 1 fully saturated rings. The van der Waals surface area contributed by atoms with Crippen LogP contribution in [0.4, 0.5) is 5.82 Å². The fourth-order valence-corrected chi connectivity index (χ4v) is 5.66. The summed E-state index contributed by atoms with van der Waals surface area (Å²) in [5.74, 6) is -0.0867. The number of nitrogens with two attached hydrogens (primary N) is 1. The van der Waals surface area contributed by atoms with Crippen molar-refractivity contribution in [3.63, 3.8) is 0 Å². The Balaban J connectivity index is 2.04. The number of nitrogen functional groups attached to an aromatic ring is 1. The van der Waals surface area contributed by atoms with Gasteiger partial charge in [0.25, 0.3) is 0 Å². The van der Waals surface area contributed by atoms with Crippen LogP contribution in [0.5, 0.6) is 0 Å². The van der Waals surface area contributed by atoms with Crippen molar-refractivity contribution in [3.05, 3.63) is 20.3 Å².